The van der Waals surface area contributed by atoms with E-state index in [-0.39, 0.29) is 6.09 Å². The molecule has 1 aliphatic rings. The molecule has 1 fully saturated rings. The van der Waals surface area contributed by atoms with E-state index in [0.717, 1.165) is 30.9 Å². The van der Waals surface area contributed by atoms with Crippen molar-refractivity contribution in [3.8, 4) is 11.5 Å². The highest BCUT2D eigenvalue weighted by molar-refractivity contribution is 5.68. The monoisotopic (exact) mass is 321 g/mol. The molecule has 1 aliphatic heterocycles. The zero-order valence-corrected chi connectivity index (χ0v) is 14.5. The van der Waals surface area contributed by atoms with Gasteiger partial charge in [-0.05, 0) is 45.7 Å². The topological polar surface area (TPSA) is 48.0 Å². The minimum Gasteiger partial charge on any atom is -0.493 e. The van der Waals surface area contributed by atoms with E-state index in [9.17, 15) is 4.79 Å². The highest BCUT2D eigenvalue weighted by atomic mass is 16.6. The summed E-state index contributed by atoms with van der Waals surface area (Å²) in [5.41, 5.74) is -0.460. The molecule has 1 heterocycles. The van der Waals surface area contributed by atoms with E-state index < -0.39 is 5.60 Å². The first-order valence-electron chi connectivity index (χ1n) is 8.13. The van der Waals surface area contributed by atoms with Crippen LogP contribution < -0.4 is 9.47 Å². The molecule has 1 aromatic carbocycles. The van der Waals surface area contributed by atoms with Gasteiger partial charge in [-0.25, -0.2) is 4.79 Å². The second-order valence-corrected chi connectivity index (χ2v) is 6.90. The van der Waals surface area contributed by atoms with E-state index in [2.05, 4.69) is 0 Å². The molecule has 0 aromatic heterocycles. The third-order valence-corrected chi connectivity index (χ3v) is 3.71. The van der Waals surface area contributed by atoms with Crippen molar-refractivity contribution in [1.29, 1.82) is 0 Å². The molecule has 0 saturated carbocycles. The first kappa shape index (κ1) is 17.4. The number of ether oxygens (including phenoxy) is 3. The van der Waals surface area contributed by atoms with Crippen molar-refractivity contribution in [2.24, 2.45) is 5.92 Å². The van der Waals surface area contributed by atoms with Gasteiger partial charge in [0.05, 0.1) is 13.7 Å². The van der Waals surface area contributed by atoms with Crippen LogP contribution in [-0.2, 0) is 4.74 Å². The molecule has 1 aromatic rings. The molecule has 5 nitrogen and oxygen atoms in total. The summed E-state index contributed by atoms with van der Waals surface area (Å²) >= 11 is 0. The average molecular weight is 321 g/mol. The Labute approximate surface area is 138 Å². The summed E-state index contributed by atoms with van der Waals surface area (Å²) < 4.78 is 16.6. The number of carbonyl (C=O) groups excluding carboxylic acids is 1. The maximum Gasteiger partial charge on any atom is 0.410 e. The Hall–Kier alpha value is -1.91. The summed E-state index contributed by atoms with van der Waals surface area (Å²) in [6, 6.07) is 7.61. The van der Waals surface area contributed by atoms with Crippen LogP contribution >= 0.6 is 0 Å². The number of rotatable bonds is 4. The van der Waals surface area contributed by atoms with Crippen molar-refractivity contribution in [1.82, 2.24) is 4.90 Å². The Balaban J connectivity index is 1.88. The molecule has 1 saturated heterocycles. The average Bonchev–Trinajstić information content (AvgIpc) is 2.52. The van der Waals surface area contributed by atoms with Crippen molar-refractivity contribution in [2.75, 3.05) is 26.8 Å². The second-order valence-electron chi connectivity index (χ2n) is 6.90. The number of likely N-dealkylation sites (tertiary alicyclic amines) is 1. The highest BCUT2D eigenvalue weighted by Gasteiger charge is 2.28. The lowest BCUT2D eigenvalue weighted by atomic mass is 9.99. The number of methoxy groups -OCH3 is 1. The molecule has 0 aliphatic carbocycles. The van der Waals surface area contributed by atoms with Crippen LogP contribution in [0.3, 0.4) is 0 Å². The van der Waals surface area contributed by atoms with E-state index in [1.54, 1.807) is 12.0 Å². The molecular formula is C18H27NO4. The Morgan fingerprint density at radius 3 is 2.61 bits per heavy atom. The van der Waals surface area contributed by atoms with E-state index in [4.69, 9.17) is 14.2 Å². The van der Waals surface area contributed by atoms with Gasteiger partial charge in [-0.3, -0.25) is 0 Å². The van der Waals surface area contributed by atoms with Gasteiger partial charge in [0.1, 0.15) is 5.60 Å². The third kappa shape index (κ3) is 5.34. The van der Waals surface area contributed by atoms with E-state index >= 15 is 0 Å². The number of amides is 1. The van der Waals surface area contributed by atoms with Crippen LogP contribution in [0.25, 0.3) is 0 Å². The number of nitrogens with zero attached hydrogens (tertiary/aromatic N) is 1. The van der Waals surface area contributed by atoms with Crippen LogP contribution in [0.15, 0.2) is 24.3 Å². The van der Waals surface area contributed by atoms with Crippen molar-refractivity contribution in [3.05, 3.63) is 24.3 Å². The smallest absolute Gasteiger partial charge is 0.410 e. The summed E-state index contributed by atoms with van der Waals surface area (Å²) in [6.45, 7) is 7.65. The molecule has 5 heteroatoms. The molecule has 23 heavy (non-hydrogen) atoms. The lowest BCUT2D eigenvalue weighted by molar-refractivity contribution is 0.0138. The SMILES string of the molecule is COc1ccccc1OCC1CCCN(C(=O)OC(C)(C)C)C1. The zero-order valence-electron chi connectivity index (χ0n) is 14.5. The fourth-order valence-corrected chi connectivity index (χ4v) is 2.64. The number of carbonyl (C=O) groups is 1. The second kappa shape index (κ2) is 7.57. The molecule has 1 unspecified atom stereocenters. The Bertz CT molecular complexity index is 524. The highest BCUT2D eigenvalue weighted by Crippen LogP contribution is 2.27. The number of hydrogen-bond donors (Lipinski definition) is 0. The molecule has 0 radical (unpaired) electrons. The molecule has 2 rings (SSSR count). The van der Waals surface area contributed by atoms with Crippen LogP contribution in [0.4, 0.5) is 4.79 Å². The number of hydrogen-bond acceptors (Lipinski definition) is 4. The van der Waals surface area contributed by atoms with Crippen molar-refractivity contribution in [2.45, 2.75) is 39.2 Å². The van der Waals surface area contributed by atoms with Crippen molar-refractivity contribution >= 4 is 6.09 Å². The van der Waals surface area contributed by atoms with Crippen LogP contribution in [0, 0.1) is 5.92 Å². The quantitative estimate of drug-likeness (QED) is 0.848. The molecule has 1 atom stereocenters. The molecule has 0 N–H and O–H groups in total. The van der Waals surface area contributed by atoms with Gasteiger partial charge in [-0.1, -0.05) is 12.1 Å². The van der Waals surface area contributed by atoms with E-state index in [1.165, 1.54) is 0 Å². The van der Waals surface area contributed by atoms with Crippen molar-refractivity contribution < 1.29 is 19.0 Å². The maximum absolute atomic E-state index is 12.2. The summed E-state index contributed by atoms with van der Waals surface area (Å²) in [4.78, 5) is 14.0. The first-order chi connectivity index (χ1) is 10.9. The minimum atomic E-state index is -0.460. The van der Waals surface area contributed by atoms with Gasteiger partial charge in [0.2, 0.25) is 0 Å². The van der Waals surface area contributed by atoms with Gasteiger partial charge in [0.25, 0.3) is 0 Å². The van der Waals surface area contributed by atoms with E-state index in [0.29, 0.717) is 19.1 Å². The maximum atomic E-state index is 12.2. The van der Waals surface area contributed by atoms with Crippen LogP contribution in [-0.4, -0.2) is 43.4 Å². The number of benzene rings is 1. The van der Waals surface area contributed by atoms with Crippen LogP contribution in [0.1, 0.15) is 33.6 Å². The molecule has 1 amide bonds. The van der Waals surface area contributed by atoms with Gasteiger partial charge < -0.3 is 19.1 Å². The zero-order chi connectivity index (χ0) is 16.9. The Morgan fingerprint density at radius 1 is 1.26 bits per heavy atom. The summed E-state index contributed by atoms with van der Waals surface area (Å²) in [5, 5.41) is 0. The molecule has 0 spiro atoms. The van der Waals surface area contributed by atoms with Gasteiger partial charge in [-0.2, -0.15) is 0 Å². The molecule has 128 valence electrons. The van der Waals surface area contributed by atoms with Gasteiger partial charge in [0, 0.05) is 19.0 Å². The number of piperidine rings is 1. The van der Waals surface area contributed by atoms with Gasteiger partial charge in [-0.15, -0.1) is 0 Å². The normalized spacial score (nSPS) is 18.4. The summed E-state index contributed by atoms with van der Waals surface area (Å²) in [6.07, 6.45) is 1.78. The van der Waals surface area contributed by atoms with Crippen LogP contribution in [0.2, 0.25) is 0 Å². The summed E-state index contributed by atoms with van der Waals surface area (Å²) in [7, 11) is 1.63. The number of para-hydroxylation sites is 2. The predicted molar refractivity (Wildman–Crippen MR) is 89.0 cm³/mol. The lowest BCUT2D eigenvalue weighted by Crippen LogP contribution is -2.44. The predicted octanol–water partition coefficient (Wildman–Crippen LogP) is 3.72. The van der Waals surface area contributed by atoms with Gasteiger partial charge >= 0.3 is 6.09 Å². The molecular weight excluding hydrogens is 294 g/mol. The fourth-order valence-electron chi connectivity index (χ4n) is 2.64. The van der Waals surface area contributed by atoms with Crippen molar-refractivity contribution in [3.63, 3.8) is 0 Å². The Morgan fingerprint density at radius 2 is 1.96 bits per heavy atom. The van der Waals surface area contributed by atoms with Gasteiger partial charge in [0.15, 0.2) is 11.5 Å². The minimum absolute atomic E-state index is 0.237. The first-order valence-corrected chi connectivity index (χ1v) is 8.13. The van der Waals surface area contributed by atoms with E-state index in [1.807, 2.05) is 45.0 Å². The Kier molecular flexibility index (Phi) is 5.74. The van der Waals surface area contributed by atoms with Crippen LogP contribution in [0.5, 0.6) is 11.5 Å². The molecule has 0 bridgehead atoms. The standard InChI is InChI=1S/C18H27NO4/c1-18(2,3)23-17(20)19-11-7-8-14(12-19)13-22-16-10-6-5-9-15(16)21-4/h5-6,9-10,14H,7-8,11-13H2,1-4H3. The third-order valence-electron chi connectivity index (χ3n) is 3.71. The summed E-state index contributed by atoms with van der Waals surface area (Å²) in [5.74, 6) is 1.78. The fraction of sp³-hybridized carbons (Fsp3) is 0.611. The largest absolute Gasteiger partial charge is 0.493 e. The lowest BCUT2D eigenvalue weighted by Gasteiger charge is -2.34.